The van der Waals surface area contributed by atoms with Gasteiger partial charge in [-0.1, -0.05) is 414 Å². The number of hydrogen-bond donors (Lipinski definition) is 3. The SMILES string of the molecule is CCCCCCCCCCCCCCCCCCCCCC(=O)OC[C@H](COP(=O)(O)OC[C@@H](O)COP(=O)(O)OC[C@@H](COC(=O)CCCCCCCCC(C)CC)OC(=O)CCCCCCCCCCCCCCCCCC)OC(=O)CCCCCCCCCCCCCCCCCCCCC(C)C. The van der Waals surface area contributed by atoms with Crippen LogP contribution < -0.4 is 0 Å². The Morgan fingerprint density at radius 2 is 0.481 bits per heavy atom. The molecule has 6 atom stereocenters. The summed E-state index contributed by atoms with van der Waals surface area (Å²) >= 11 is 0. The number of hydrogen-bond acceptors (Lipinski definition) is 15. The minimum absolute atomic E-state index is 0.108. The second-order valence-electron chi connectivity index (χ2n) is 32.0. The highest BCUT2D eigenvalue weighted by Crippen LogP contribution is 2.45. The monoisotopic (exact) mass is 1550 g/mol. The van der Waals surface area contributed by atoms with Crippen LogP contribution in [0, 0.1) is 11.8 Å². The van der Waals surface area contributed by atoms with Crippen LogP contribution in [0.5, 0.6) is 0 Å². The highest BCUT2D eigenvalue weighted by molar-refractivity contribution is 7.47. The Hall–Kier alpha value is -1.94. The fourth-order valence-electron chi connectivity index (χ4n) is 13.6. The predicted octanol–water partition coefficient (Wildman–Crippen LogP) is 26.6. The zero-order valence-electron chi connectivity index (χ0n) is 69.7. The molecule has 3 unspecified atom stereocenters. The zero-order chi connectivity index (χ0) is 77.8. The normalized spacial score (nSPS) is 14.1. The Morgan fingerprint density at radius 1 is 0.274 bits per heavy atom. The summed E-state index contributed by atoms with van der Waals surface area (Å²) in [6.45, 7) is 9.68. The van der Waals surface area contributed by atoms with Gasteiger partial charge in [0.05, 0.1) is 26.4 Å². The second kappa shape index (κ2) is 78.3. The van der Waals surface area contributed by atoms with Gasteiger partial charge in [-0.25, -0.2) is 9.13 Å². The number of phosphoric acid groups is 2. The number of unbranched alkanes of at least 4 members (excludes halogenated alkanes) is 55. The first kappa shape index (κ1) is 104. The second-order valence-corrected chi connectivity index (χ2v) is 34.9. The quantitative estimate of drug-likeness (QED) is 0.0222. The van der Waals surface area contributed by atoms with Crippen LogP contribution >= 0.6 is 15.6 Å². The molecule has 0 aromatic carbocycles. The summed E-state index contributed by atoms with van der Waals surface area (Å²) in [6.07, 6.45) is 70.9. The van der Waals surface area contributed by atoms with Crippen molar-refractivity contribution in [1.82, 2.24) is 0 Å². The molecule has 0 radical (unpaired) electrons. The van der Waals surface area contributed by atoms with E-state index in [0.29, 0.717) is 25.7 Å². The molecule has 0 fully saturated rings. The third-order valence-electron chi connectivity index (χ3n) is 20.8. The molecule has 3 N–H and O–H groups in total. The van der Waals surface area contributed by atoms with Crippen molar-refractivity contribution in [1.29, 1.82) is 0 Å². The molecular weight excluding hydrogens is 1380 g/mol. The Labute approximate surface area is 651 Å². The predicted molar refractivity (Wildman–Crippen MR) is 437 cm³/mol. The molecule has 106 heavy (non-hydrogen) atoms. The van der Waals surface area contributed by atoms with Crippen molar-refractivity contribution in [2.24, 2.45) is 11.8 Å². The summed E-state index contributed by atoms with van der Waals surface area (Å²) in [5, 5.41) is 10.7. The lowest BCUT2D eigenvalue weighted by atomic mass is 10.00. The molecule has 0 saturated carbocycles. The van der Waals surface area contributed by atoms with Gasteiger partial charge in [-0.3, -0.25) is 37.3 Å². The lowest BCUT2D eigenvalue weighted by molar-refractivity contribution is -0.161. The van der Waals surface area contributed by atoms with Crippen LogP contribution in [0.2, 0.25) is 0 Å². The smallest absolute Gasteiger partial charge is 0.462 e. The van der Waals surface area contributed by atoms with Gasteiger partial charge in [0.2, 0.25) is 0 Å². The molecular formula is C87H170O17P2. The van der Waals surface area contributed by atoms with Gasteiger partial charge in [0, 0.05) is 25.7 Å². The maximum absolute atomic E-state index is 13.2. The molecule has 630 valence electrons. The molecule has 0 bridgehead atoms. The van der Waals surface area contributed by atoms with Crippen molar-refractivity contribution in [3.05, 3.63) is 0 Å². The molecule has 19 heteroatoms. The first-order valence-corrected chi connectivity index (χ1v) is 48.0. The maximum atomic E-state index is 13.2. The van der Waals surface area contributed by atoms with Crippen molar-refractivity contribution in [3.8, 4) is 0 Å². The minimum atomic E-state index is -4.97. The number of carbonyl (C=O) groups excluding carboxylic acids is 4. The van der Waals surface area contributed by atoms with E-state index < -0.39 is 97.5 Å². The molecule has 0 aromatic heterocycles. The lowest BCUT2D eigenvalue weighted by Gasteiger charge is -2.21. The largest absolute Gasteiger partial charge is 0.472 e. The highest BCUT2D eigenvalue weighted by Gasteiger charge is 2.30. The van der Waals surface area contributed by atoms with E-state index in [1.165, 1.54) is 276 Å². The summed E-state index contributed by atoms with van der Waals surface area (Å²) in [7, 11) is -9.93. The molecule has 0 aliphatic carbocycles. The molecule has 0 amide bonds. The van der Waals surface area contributed by atoms with Crippen LogP contribution in [-0.2, 0) is 65.4 Å². The van der Waals surface area contributed by atoms with Crippen LogP contribution in [0.15, 0.2) is 0 Å². The van der Waals surface area contributed by atoms with Gasteiger partial charge in [0.1, 0.15) is 19.3 Å². The van der Waals surface area contributed by atoms with E-state index in [0.717, 1.165) is 108 Å². The fourth-order valence-corrected chi connectivity index (χ4v) is 15.1. The standard InChI is InChI=1S/C87H170O17P2/c1-7-10-12-14-16-18-20-22-24-26-27-31-35-38-42-46-50-57-63-69-84(89)97-75-82(103-86(91)71-66-60-52-48-44-40-36-32-29-28-30-33-37-41-45-49-55-61-67-79(4)5)77-101-105(93,94)99-73-81(88)74-100-106(95,96)102-78-83(76-98-85(90)70-64-58-54-53-56-62-68-80(6)9-3)104-87(92)72-65-59-51-47-43-39-34-25-23-21-19-17-15-13-11-8-2/h79-83,88H,7-78H2,1-6H3,(H,93,94)(H,95,96)/t80?,81-,82-,83-/m1/s1. The van der Waals surface area contributed by atoms with E-state index in [1.807, 2.05) is 0 Å². The van der Waals surface area contributed by atoms with Gasteiger partial charge in [0.25, 0.3) is 0 Å². The van der Waals surface area contributed by atoms with Crippen molar-refractivity contribution < 1.29 is 80.2 Å². The molecule has 0 aliphatic heterocycles. The molecule has 0 spiro atoms. The van der Waals surface area contributed by atoms with Crippen LogP contribution in [0.4, 0.5) is 0 Å². The van der Waals surface area contributed by atoms with Crippen LogP contribution in [-0.4, -0.2) is 96.7 Å². The molecule has 0 saturated heterocycles. The maximum Gasteiger partial charge on any atom is 0.472 e. The molecule has 0 heterocycles. The third kappa shape index (κ3) is 78.7. The van der Waals surface area contributed by atoms with E-state index in [1.54, 1.807) is 0 Å². The number of ether oxygens (including phenoxy) is 4. The van der Waals surface area contributed by atoms with Crippen LogP contribution in [0.3, 0.4) is 0 Å². The fraction of sp³-hybridized carbons (Fsp3) is 0.954. The minimum Gasteiger partial charge on any atom is -0.462 e. The summed E-state index contributed by atoms with van der Waals surface area (Å²) in [5.41, 5.74) is 0. The Bertz CT molecular complexity index is 2030. The van der Waals surface area contributed by atoms with Crippen LogP contribution in [0.1, 0.15) is 465 Å². The Balaban J connectivity index is 5.23. The molecule has 0 rings (SSSR count). The van der Waals surface area contributed by atoms with Gasteiger partial charge in [0.15, 0.2) is 12.2 Å². The Kier molecular flexibility index (Phi) is 76.9. The van der Waals surface area contributed by atoms with Crippen molar-refractivity contribution in [3.63, 3.8) is 0 Å². The van der Waals surface area contributed by atoms with E-state index >= 15 is 0 Å². The molecule has 0 aromatic rings. The van der Waals surface area contributed by atoms with E-state index in [-0.39, 0.29) is 25.7 Å². The number of rotatable bonds is 86. The topological polar surface area (TPSA) is 237 Å². The third-order valence-corrected chi connectivity index (χ3v) is 22.7. The number of aliphatic hydroxyl groups excluding tert-OH is 1. The van der Waals surface area contributed by atoms with Gasteiger partial charge < -0.3 is 33.8 Å². The summed E-state index contributed by atoms with van der Waals surface area (Å²) in [4.78, 5) is 73.2. The summed E-state index contributed by atoms with van der Waals surface area (Å²) in [5.74, 6) is -0.550. The first-order valence-electron chi connectivity index (χ1n) is 45.0. The highest BCUT2D eigenvalue weighted by atomic mass is 31.2. The van der Waals surface area contributed by atoms with E-state index in [4.69, 9.17) is 37.0 Å². The van der Waals surface area contributed by atoms with E-state index in [2.05, 4.69) is 41.5 Å². The van der Waals surface area contributed by atoms with E-state index in [9.17, 15) is 43.2 Å². The number of esters is 4. The zero-order valence-corrected chi connectivity index (χ0v) is 71.5. The van der Waals surface area contributed by atoms with Gasteiger partial charge in [-0.05, 0) is 37.5 Å². The average Bonchev–Trinajstić information content (AvgIpc) is 0.900. The molecule has 17 nitrogen and oxygen atoms in total. The van der Waals surface area contributed by atoms with Gasteiger partial charge in [-0.2, -0.15) is 0 Å². The summed E-state index contributed by atoms with van der Waals surface area (Å²) < 4.78 is 68.9. The van der Waals surface area contributed by atoms with Crippen molar-refractivity contribution >= 4 is 39.5 Å². The van der Waals surface area contributed by atoms with Gasteiger partial charge >= 0.3 is 39.5 Å². The van der Waals surface area contributed by atoms with Crippen LogP contribution in [0.25, 0.3) is 0 Å². The Morgan fingerprint density at radius 3 is 0.717 bits per heavy atom. The first-order chi connectivity index (χ1) is 51.4. The lowest BCUT2D eigenvalue weighted by Crippen LogP contribution is -2.30. The number of aliphatic hydroxyl groups is 1. The average molecular weight is 1550 g/mol. The summed E-state index contributed by atoms with van der Waals surface area (Å²) in [6, 6.07) is 0. The van der Waals surface area contributed by atoms with Gasteiger partial charge in [-0.15, -0.1) is 0 Å². The number of carbonyl (C=O) groups is 4. The van der Waals surface area contributed by atoms with Crippen molar-refractivity contribution in [2.45, 2.75) is 484 Å². The molecule has 0 aliphatic rings. The number of phosphoric ester groups is 2. The van der Waals surface area contributed by atoms with Crippen molar-refractivity contribution in [2.75, 3.05) is 39.6 Å².